The number of aromatic nitrogens is 3. The number of hydrogen-bond acceptors (Lipinski definition) is 4. The van der Waals surface area contributed by atoms with Crippen molar-refractivity contribution in [2.24, 2.45) is 0 Å². The number of aromatic amines is 1. The molecule has 0 unspecified atom stereocenters. The second-order valence-corrected chi connectivity index (χ2v) is 9.16. The summed E-state index contributed by atoms with van der Waals surface area (Å²) in [6.07, 6.45) is -3.95. The van der Waals surface area contributed by atoms with Crippen LogP contribution in [0, 0.1) is 5.82 Å². The van der Waals surface area contributed by atoms with E-state index in [9.17, 15) is 27.2 Å². The Morgan fingerprint density at radius 3 is 2.53 bits per heavy atom. The van der Waals surface area contributed by atoms with Crippen LogP contribution in [0.3, 0.4) is 0 Å². The number of halogens is 5. The van der Waals surface area contributed by atoms with Crippen molar-refractivity contribution < 1.29 is 27.1 Å². The number of H-pyrrole nitrogens is 1. The van der Waals surface area contributed by atoms with Crippen molar-refractivity contribution in [1.82, 2.24) is 20.1 Å². The molecule has 12 heteroatoms. The van der Waals surface area contributed by atoms with E-state index in [1.165, 1.54) is 61.7 Å². The molecule has 1 fully saturated rings. The molecule has 3 aromatic carbocycles. The molecule has 1 aromatic heterocycles. The first-order valence-corrected chi connectivity index (χ1v) is 11.7. The molecular formula is C26H19ClF4N4O3. The Bertz CT molecular complexity index is 1590. The molecule has 0 saturated heterocycles. The smallest absolute Gasteiger partial charge is 0.416 e. The molecule has 7 nitrogen and oxygen atoms in total. The van der Waals surface area contributed by atoms with E-state index in [1.54, 1.807) is 0 Å². The van der Waals surface area contributed by atoms with Crippen LogP contribution in [0.25, 0.3) is 17.1 Å². The number of nitrogens with zero attached hydrogens (tertiary/aromatic N) is 2. The minimum atomic E-state index is -4.59. The van der Waals surface area contributed by atoms with Crippen LogP contribution in [0.4, 0.5) is 17.6 Å². The summed E-state index contributed by atoms with van der Waals surface area (Å²) < 4.78 is 61.5. The monoisotopic (exact) mass is 546 g/mol. The van der Waals surface area contributed by atoms with E-state index >= 15 is 0 Å². The average molecular weight is 547 g/mol. The summed E-state index contributed by atoms with van der Waals surface area (Å²) >= 11 is 6.08. The van der Waals surface area contributed by atoms with Crippen LogP contribution in [0.15, 0.2) is 65.5 Å². The maximum absolute atomic E-state index is 14.4. The molecule has 38 heavy (non-hydrogen) atoms. The highest BCUT2D eigenvalue weighted by atomic mass is 35.5. The number of methoxy groups -OCH3 is 1. The van der Waals surface area contributed by atoms with Crippen molar-refractivity contribution in [3.63, 3.8) is 0 Å². The van der Waals surface area contributed by atoms with Crippen molar-refractivity contribution >= 4 is 17.5 Å². The lowest BCUT2D eigenvalue weighted by atomic mass is 9.97. The third-order valence-corrected chi connectivity index (χ3v) is 6.66. The number of alkyl halides is 3. The summed E-state index contributed by atoms with van der Waals surface area (Å²) in [5.74, 6) is -1.38. The van der Waals surface area contributed by atoms with Gasteiger partial charge in [0.2, 0.25) is 0 Å². The van der Waals surface area contributed by atoms with Gasteiger partial charge in [-0.3, -0.25) is 9.78 Å². The van der Waals surface area contributed by atoms with Gasteiger partial charge in [0.1, 0.15) is 11.6 Å². The van der Waals surface area contributed by atoms with Gasteiger partial charge in [-0.05, 0) is 54.8 Å². The summed E-state index contributed by atoms with van der Waals surface area (Å²) in [6, 6.07) is 13.3. The van der Waals surface area contributed by atoms with Gasteiger partial charge in [0.25, 0.3) is 5.91 Å². The number of carbonyl (C=O) groups is 1. The van der Waals surface area contributed by atoms with E-state index in [-0.39, 0.29) is 39.0 Å². The van der Waals surface area contributed by atoms with Gasteiger partial charge < -0.3 is 10.1 Å². The SMILES string of the molecule is COc1ccc(-n2nc(-c3c(F)cccc3Cl)[nH]c2=O)cc1C(=O)NC1(c2ccccc2C(F)(F)F)CC1. The largest absolute Gasteiger partial charge is 0.496 e. The second kappa shape index (κ2) is 9.32. The van der Waals surface area contributed by atoms with E-state index in [4.69, 9.17) is 16.3 Å². The summed E-state index contributed by atoms with van der Waals surface area (Å²) in [5.41, 5.74) is -2.75. The second-order valence-electron chi connectivity index (χ2n) is 8.75. The van der Waals surface area contributed by atoms with Gasteiger partial charge in [-0.15, -0.1) is 5.10 Å². The van der Waals surface area contributed by atoms with Gasteiger partial charge in [-0.2, -0.15) is 17.9 Å². The summed E-state index contributed by atoms with van der Waals surface area (Å²) in [4.78, 5) is 28.5. The molecule has 0 bridgehead atoms. The minimum absolute atomic E-state index is 0.0223. The van der Waals surface area contributed by atoms with Crippen LogP contribution in [0.5, 0.6) is 5.75 Å². The number of amides is 1. The first-order chi connectivity index (χ1) is 18.0. The first-order valence-electron chi connectivity index (χ1n) is 11.4. The number of rotatable bonds is 6. The molecule has 0 atom stereocenters. The van der Waals surface area contributed by atoms with Crippen molar-refractivity contribution in [2.75, 3.05) is 7.11 Å². The molecule has 1 aliphatic rings. The zero-order valence-electron chi connectivity index (χ0n) is 19.7. The normalized spacial score (nSPS) is 14.3. The highest BCUT2D eigenvalue weighted by Crippen LogP contribution is 2.50. The number of carbonyl (C=O) groups excluding carboxylic acids is 1. The third-order valence-electron chi connectivity index (χ3n) is 6.34. The van der Waals surface area contributed by atoms with Gasteiger partial charge in [0, 0.05) is 0 Å². The number of benzene rings is 3. The lowest BCUT2D eigenvalue weighted by molar-refractivity contribution is -0.138. The van der Waals surface area contributed by atoms with Crippen molar-refractivity contribution in [3.8, 4) is 22.8 Å². The number of ether oxygens (including phenoxy) is 1. The highest BCUT2D eigenvalue weighted by molar-refractivity contribution is 6.33. The molecule has 0 radical (unpaired) electrons. The van der Waals surface area contributed by atoms with Gasteiger partial charge in [0.15, 0.2) is 5.82 Å². The molecule has 1 saturated carbocycles. The van der Waals surface area contributed by atoms with Crippen LogP contribution in [-0.2, 0) is 11.7 Å². The number of nitrogens with one attached hydrogen (secondary N) is 2. The maximum Gasteiger partial charge on any atom is 0.416 e. The fourth-order valence-corrected chi connectivity index (χ4v) is 4.61. The Kier molecular flexibility index (Phi) is 6.26. The average Bonchev–Trinajstić information content (AvgIpc) is 3.56. The lowest BCUT2D eigenvalue weighted by Crippen LogP contribution is -2.36. The predicted molar refractivity (Wildman–Crippen MR) is 131 cm³/mol. The van der Waals surface area contributed by atoms with Gasteiger partial charge in [-0.25, -0.2) is 9.18 Å². The highest BCUT2D eigenvalue weighted by Gasteiger charge is 2.50. The van der Waals surface area contributed by atoms with Crippen LogP contribution in [-0.4, -0.2) is 27.8 Å². The molecule has 1 amide bonds. The summed E-state index contributed by atoms with van der Waals surface area (Å²) in [6.45, 7) is 0. The van der Waals surface area contributed by atoms with Crippen LogP contribution in [0.2, 0.25) is 5.02 Å². The molecule has 5 rings (SSSR count). The van der Waals surface area contributed by atoms with E-state index in [1.807, 2.05) is 0 Å². The molecule has 4 aromatic rings. The van der Waals surface area contributed by atoms with Gasteiger partial charge in [0.05, 0.1) is 40.0 Å². The van der Waals surface area contributed by atoms with E-state index in [0.29, 0.717) is 12.8 Å². The molecular weight excluding hydrogens is 528 g/mol. The van der Waals surface area contributed by atoms with Crippen molar-refractivity contribution in [2.45, 2.75) is 24.6 Å². The van der Waals surface area contributed by atoms with Crippen LogP contribution >= 0.6 is 11.6 Å². The Labute approximate surface area is 218 Å². The fourth-order valence-electron chi connectivity index (χ4n) is 4.36. The van der Waals surface area contributed by atoms with Gasteiger partial charge >= 0.3 is 11.9 Å². The van der Waals surface area contributed by atoms with Crippen molar-refractivity contribution in [3.05, 3.63) is 98.7 Å². The van der Waals surface area contributed by atoms with E-state index in [2.05, 4.69) is 15.4 Å². The molecule has 2 N–H and O–H groups in total. The van der Waals surface area contributed by atoms with Crippen LogP contribution < -0.4 is 15.7 Å². The predicted octanol–water partition coefficient (Wildman–Crippen LogP) is 5.47. The lowest BCUT2D eigenvalue weighted by Gasteiger charge is -2.23. The zero-order chi connectivity index (χ0) is 27.2. The topological polar surface area (TPSA) is 89.0 Å². The Morgan fingerprint density at radius 2 is 1.87 bits per heavy atom. The number of hydrogen-bond donors (Lipinski definition) is 2. The van der Waals surface area contributed by atoms with Crippen molar-refractivity contribution in [1.29, 1.82) is 0 Å². The molecule has 196 valence electrons. The Morgan fingerprint density at radius 1 is 1.13 bits per heavy atom. The third kappa shape index (κ3) is 4.53. The Hall–Kier alpha value is -4.12. The molecule has 0 spiro atoms. The molecule has 0 aliphatic heterocycles. The minimum Gasteiger partial charge on any atom is -0.496 e. The molecule has 1 aliphatic carbocycles. The van der Waals surface area contributed by atoms with Crippen LogP contribution in [0.1, 0.15) is 34.3 Å². The fraction of sp³-hybridized carbons (Fsp3) is 0.192. The first kappa shape index (κ1) is 25.5. The summed E-state index contributed by atoms with van der Waals surface area (Å²) in [5, 5.41) is 6.89. The standard InChI is InChI=1S/C26H19ClF4N4O3/c1-38-20-10-9-14(35-24(37)32-22(34-35)21-18(27)7-4-8-19(21)28)13-15(20)23(36)33-25(11-12-25)16-5-2-3-6-17(16)26(29,30)31/h2-10,13H,11-12H2,1H3,(H,33,36)(H,32,34,37). The van der Waals surface area contributed by atoms with E-state index < -0.39 is 34.7 Å². The summed E-state index contributed by atoms with van der Waals surface area (Å²) in [7, 11) is 1.33. The maximum atomic E-state index is 14.4. The van der Waals surface area contributed by atoms with E-state index in [0.717, 1.165) is 10.7 Å². The Balaban J connectivity index is 1.51. The quantitative estimate of drug-likeness (QED) is 0.314. The zero-order valence-corrected chi connectivity index (χ0v) is 20.5. The molecule has 1 heterocycles. The van der Waals surface area contributed by atoms with Gasteiger partial charge in [-0.1, -0.05) is 35.9 Å².